The van der Waals surface area contributed by atoms with Gasteiger partial charge in [0, 0.05) is 11.5 Å². The molecule has 0 saturated heterocycles. The smallest absolute Gasteiger partial charge is 0.379 e. The Kier molecular flexibility index (Phi) is 4.55. The first kappa shape index (κ1) is 18.7. The predicted octanol–water partition coefficient (Wildman–Crippen LogP) is 2.39. The molecule has 10 heteroatoms. The van der Waals surface area contributed by atoms with Crippen molar-refractivity contribution in [3.05, 3.63) is 76.6 Å². The molecule has 29 heavy (non-hydrogen) atoms. The molecule has 0 bridgehead atoms. The van der Waals surface area contributed by atoms with Crippen LogP contribution in [-0.2, 0) is 16.8 Å². The van der Waals surface area contributed by atoms with Crippen molar-refractivity contribution in [2.45, 2.75) is 6.61 Å². The quantitative estimate of drug-likeness (QED) is 0.613. The van der Waals surface area contributed by atoms with E-state index in [-0.39, 0.29) is 29.4 Å². The van der Waals surface area contributed by atoms with Crippen LogP contribution in [0.5, 0.6) is 11.5 Å². The Labute approximate surface area is 165 Å². The molecule has 3 aromatic rings. The summed E-state index contributed by atoms with van der Waals surface area (Å²) in [4.78, 5) is 12.0. The van der Waals surface area contributed by atoms with Crippen LogP contribution in [0.1, 0.15) is 5.56 Å². The van der Waals surface area contributed by atoms with Crippen molar-refractivity contribution in [3.8, 4) is 11.5 Å². The highest BCUT2D eigenvalue weighted by Gasteiger charge is 2.31. The Balaban J connectivity index is 1.85. The number of hydrogen-bond acceptors (Lipinski definition) is 7. The molecule has 150 valence electrons. The van der Waals surface area contributed by atoms with Crippen molar-refractivity contribution in [1.82, 2.24) is 4.72 Å². The molecule has 2 heterocycles. The van der Waals surface area contributed by atoms with Crippen molar-refractivity contribution in [3.63, 3.8) is 0 Å². The van der Waals surface area contributed by atoms with E-state index in [4.69, 9.17) is 13.9 Å². The van der Waals surface area contributed by atoms with Crippen LogP contribution < -0.4 is 24.1 Å². The first-order valence-electron chi connectivity index (χ1n) is 8.43. The molecular formula is C19H16N2O7S. The average molecular weight is 416 g/mol. The molecule has 0 fully saturated rings. The fourth-order valence-electron chi connectivity index (χ4n) is 2.87. The Morgan fingerprint density at radius 2 is 1.90 bits per heavy atom. The van der Waals surface area contributed by atoms with Gasteiger partial charge in [-0.25, -0.2) is 13.8 Å². The van der Waals surface area contributed by atoms with Crippen LogP contribution in [0.25, 0.3) is 11.0 Å². The minimum Gasteiger partial charge on any atom is -0.493 e. The maximum Gasteiger partial charge on any atom is 0.379 e. The largest absolute Gasteiger partial charge is 0.493 e. The van der Waals surface area contributed by atoms with Gasteiger partial charge in [-0.05, 0) is 17.7 Å². The van der Waals surface area contributed by atoms with Gasteiger partial charge < -0.3 is 19.0 Å². The van der Waals surface area contributed by atoms with E-state index in [1.54, 1.807) is 0 Å². The number of anilines is 1. The fraction of sp³-hybridized carbons (Fsp3) is 0.105. The minimum atomic E-state index is -4.05. The number of nitrogens with zero attached hydrogens (tertiary/aromatic N) is 1. The topological polar surface area (TPSA) is 118 Å². The molecule has 0 unspecified atom stereocenters. The van der Waals surface area contributed by atoms with Gasteiger partial charge in [0.1, 0.15) is 23.6 Å². The highest BCUT2D eigenvalue weighted by Crippen LogP contribution is 2.37. The lowest BCUT2D eigenvalue weighted by Gasteiger charge is -2.19. The van der Waals surface area contributed by atoms with E-state index in [9.17, 15) is 18.3 Å². The third-order valence-corrected chi connectivity index (χ3v) is 5.50. The lowest BCUT2D eigenvalue weighted by Crippen LogP contribution is -2.29. The molecule has 2 aromatic carbocycles. The highest BCUT2D eigenvalue weighted by atomic mass is 32.2. The number of methoxy groups -OCH3 is 1. The van der Waals surface area contributed by atoms with Crippen LogP contribution in [0.2, 0.25) is 0 Å². The zero-order valence-electron chi connectivity index (χ0n) is 15.2. The van der Waals surface area contributed by atoms with Crippen molar-refractivity contribution >= 4 is 26.9 Å². The summed E-state index contributed by atoms with van der Waals surface area (Å²) in [6, 6.07) is 13.6. The Bertz CT molecular complexity index is 1270. The lowest BCUT2D eigenvalue weighted by atomic mass is 10.2. The van der Waals surface area contributed by atoms with Crippen LogP contribution in [0, 0.1) is 0 Å². The molecule has 1 aromatic heterocycles. The summed E-state index contributed by atoms with van der Waals surface area (Å²) in [5, 5.41) is 10.1. The van der Waals surface area contributed by atoms with E-state index < -0.39 is 21.7 Å². The van der Waals surface area contributed by atoms with Gasteiger partial charge in [-0.1, -0.05) is 30.3 Å². The molecule has 2 N–H and O–H groups in total. The van der Waals surface area contributed by atoms with Crippen molar-refractivity contribution < 1.29 is 27.4 Å². The van der Waals surface area contributed by atoms with Gasteiger partial charge in [-0.3, -0.25) is 0 Å². The SMILES string of the molecule is COc1cc2cc(N3C=C(O)NS3(=O)=O)c(OCc3ccccc3)cc2oc1=O. The highest BCUT2D eigenvalue weighted by molar-refractivity contribution is 7.91. The van der Waals surface area contributed by atoms with Crippen LogP contribution in [0.4, 0.5) is 5.69 Å². The second-order valence-corrected chi connectivity index (χ2v) is 7.70. The second kappa shape index (κ2) is 7.06. The zero-order valence-corrected chi connectivity index (χ0v) is 16.0. The van der Waals surface area contributed by atoms with Gasteiger partial charge in [0.05, 0.1) is 13.3 Å². The maximum atomic E-state index is 12.4. The lowest BCUT2D eigenvalue weighted by molar-refractivity contribution is 0.307. The summed E-state index contributed by atoms with van der Waals surface area (Å²) in [7, 11) is -2.72. The normalized spacial score (nSPS) is 15.1. The van der Waals surface area contributed by atoms with Crippen molar-refractivity contribution in [2.24, 2.45) is 0 Å². The Hall–Kier alpha value is -3.66. The van der Waals surface area contributed by atoms with Crippen LogP contribution in [0.15, 0.2) is 69.8 Å². The van der Waals surface area contributed by atoms with Gasteiger partial charge in [0.25, 0.3) is 0 Å². The molecule has 0 saturated carbocycles. The molecule has 1 aliphatic rings. The monoisotopic (exact) mass is 416 g/mol. The molecule has 0 amide bonds. The minimum absolute atomic E-state index is 0.0257. The van der Waals surface area contributed by atoms with Crippen LogP contribution >= 0.6 is 0 Å². The first-order chi connectivity index (χ1) is 13.9. The van der Waals surface area contributed by atoms with Gasteiger partial charge in [-0.15, -0.1) is 0 Å². The zero-order chi connectivity index (χ0) is 20.6. The van der Waals surface area contributed by atoms with Gasteiger partial charge in [0.15, 0.2) is 0 Å². The summed E-state index contributed by atoms with van der Waals surface area (Å²) >= 11 is 0. The predicted molar refractivity (Wildman–Crippen MR) is 105 cm³/mol. The van der Waals surface area contributed by atoms with Gasteiger partial charge in [-0.2, -0.15) is 8.42 Å². The summed E-state index contributed by atoms with van der Waals surface area (Å²) in [5.41, 5.74) is 0.506. The maximum absolute atomic E-state index is 12.4. The van der Waals surface area contributed by atoms with E-state index in [0.717, 1.165) is 16.1 Å². The first-order valence-corrected chi connectivity index (χ1v) is 9.87. The fourth-order valence-corrected chi connectivity index (χ4v) is 3.93. The van der Waals surface area contributed by atoms with E-state index in [0.29, 0.717) is 5.39 Å². The molecule has 0 aliphatic carbocycles. The summed E-state index contributed by atoms with van der Waals surface area (Å²) in [6.45, 7) is 0.150. The van der Waals surface area contributed by atoms with Crippen LogP contribution in [0.3, 0.4) is 0 Å². The molecule has 9 nitrogen and oxygen atoms in total. The number of ether oxygens (including phenoxy) is 2. The Morgan fingerprint density at radius 3 is 2.55 bits per heavy atom. The molecule has 0 radical (unpaired) electrons. The number of aliphatic hydroxyl groups excluding tert-OH is 1. The molecular weight excluding hydrogens is 400 g/mol. The summed E-state index contributed by atoms with van der Waals surface area (Å²) in [6.07, 6.45) is 1.02. The van der Waals surface area contributed by atoms with E-state index in [1.165, 1.54) is 25.3 Å². The van der Waals surface area contributed by atoms with E-state index in [2.05, 4.69) is 0 Å². The van der Waals surface area contributed by atoms with Crippen molar-refractivity contribution in [2.75, 3.05) is 11.4 Å². The Morgan fingerprint density at radius 1 is 1.14 bits per heavy atom. The second-order valence-electron chi connectivity index (χ2n) is 6.15. The third-order valence-electron chi connectivity index (χ3n) is 4.21. The van der Waals surface area contributed by atoms with E-state index in [1.807, 2.05) is 35.1 Å². The molecule has 1 aliphatic heterocycles. The molecule has 4 rings (SSSR count). The number of aliphatic hydroxyl groups is 1. The molecule has 0 spiro atoms. The number of rotatable bonds is 5. The summed E-state index contributed by atoms with van der Waals surface area (Å²) < 4.78 is 43.6. The number of fused-ring (bicyclic) bond motifs is 1. The number of nitrogens with one attached hydrogen (secondary N) is 1. The molecule has 0 atom stereocenters. The van der Waals surface area contributed by atoms with Crippen LogP contribution in [-0.4, -0.2) is 20.6 Å². The average Bonchev–Trinajstić information content (AvgIpc) is 2.97. The van der Waals surface area contributed by atoms with Crippen molar-refractivity contribution in [1.29, 1.82) is 0 Å². The van der Waals surface area contributed by atoms with E-state index >= 15 is 0 Å². The third kappa shape index (κ3) is 3.57. The van der Waals surface area contributed by atoms with Gasteiger partial charge >= 0.3 is 15.8 Å². The standard InChI is InChI=1S/C19H16N2O7S/c1-26-17-8-13-7-14(21-10-18(22)20-29(21,24)25)16(9-15(13)28-19(17)23)27-11-12-5-3-2-4-6-12/h2-10,20,22H,11H2,1H3. The number of hydrogen-bond donors (Lipinski definition) is 2. The number of benzene rings is 2. The summed E-state index contributed by atoms with van der Waals surface area (Å²) in [5.74, 6) is -0.413. The van der Waals surface area contributed by atoms with Gasteiger partial charge in [0.2, 0.25) is 11.6 Å².